The summed E-state index contributed by atoms with van der Waals surface area (Å²) in [7, 11) is 1.58. The molecule has 2 aromatic heterocycles. The van der Waals surface area contributed by atoms with Gasteiger partial charge in [0.25, 0.3) is 5.91 Å². The third-order valence-corrected chi connectivity index (χ3v) is 4.11. The average molecular weight is 375 g/mol. The first-order chi connectivity index (χ1) is 13.6. The zero-order valence-corrected chi connectivity index (χ0v) is 15.0. The predicted octanol–water partition coefficient (Wildman–Crippen LogP) is 3.59. The molecule has 0 aliphatic rings. The number of methoxy groups -OCH3 is 1. The van der Waals surface area contributed by atoms with Crippen molar-refractivity contribution in [3.05, 3.63) is 66.6 Å². The van der Waals surface area contributed by atoms with Crippen molar-refractivity contribution < 1.29 is 14.3 Å². The van der Waals surface area contributed by atoms with E-state index in [1.54, 1.807) is 37.6 Å². The highest BCUT2D eigenvalue weighted by Gasteiger charge is 2.13. The number of benzene rings is 2. The maximum atomic E-state index is 12.7. The monoisotopic (exact) mass is 375 g/mol. The van der Waals surface area contributed by atoms with Gasteiger partial charge >= 0.3 is 0 Å². The molecule has 0 aliphatic carbocycles. The van der Waals surface area contributed by atoms with E-state index >= 15 is 0 Å². The highest BCUT2D eigenvalue weighted by Crippen LogP contribution is 2.27. The third-order valence-electron chi connectivity index (χ3n) is 4.11. The SMILES string of the molecule is COc1cccc(NC(=O)c2c[nH]c3cc(Oc4cc(N)ncn4)ccc23)c1. The van der Waals surface area contributed by atoms with Crippen LogP contribution in [0.25, 0.3) is 10.9 Å². The van der Waals surface area contributed by atoms with Crippen LogP contribution in [0.4, 0.5) is 11.5 Å². The van der Waals surface area contributed by atoms with Crippen molar-refractivity contribution >= 4 is 28.3 Å². The van der Waals surface area contributed by atoms with Gasteiger partial charge in [-0.05, 0) is 24.3 Å². The highest BCUT2D eigenvalue weighted by atomic mass is 16.5. The number of anilines is 2. The Morgan fingerprint density at radius 1 is 1.11 bits per heavy atom. The molecule has 0 spiro atoms. The van der Waals surface area contributed by atoms with Crippen LogP contribution in [0.3, 0.4) is 0 Å². The van der Waals surface area contributed by atoms with E-state index in [1.165, 1.54) is 12.4 Å². The van der Waals surface area contributed by atoms with Gasteiger partial charge in [0.2, 0.25) is 5.88 Å². The van der Waals surface area contributed by atoms with E-state index < -0.39 is 0 Å². The van der Waals surface area contributed by atoms with E-state index in [9.17, 15) is 4.79 Å². The largest absolute Gasteiger partial charge is 0.497 e. The molecule has 4 aromatic rings. The summed E-state index contributed by atoms with van der Waals surface area (Å²) in [6, 6.07) is 14.1. The zero-order chi connectivity index (χ0) is 19.5. The molecule has 0 bridgehead atoms. The Labute approximate surface area is 160 Å². The number of hydrogen-bond donors (Lipinski definition) is 3. The topological polar surface area (TPSA) is 115 Å². The minimum absolute atomic E-state index is 0.225. The highest BCUT2D eigenvalue weighted by molar-refractivity contribution is 6.13. The van der Waals surface area contributed by atoms with Gasteiger partial charge in [-0.3, -0.25) is 4.79 Å². The number of nitrogens with one attached hydrogen (secondary N) is 2. The Balaban J connectivity index is 1.56. The van der Waals surface area contributed by atoms with E-state index in [-0.39, 0.29) is 5.91 Å². The molecule has 0 saturated carbocycles. The van der Waals surface area contributed by atoms with Crippen LogP contribution in [-0.2, 0) is 0 Å². The molecule has 0 saturated heterocycles. The van der Waals surface area contributed by atoms with Gasteiger partial charge < -0.3 is 25.5 Å². The molecule has 2 heterocycles. The van der Waals surface area contributed by atoms with Gasteiger partial charge in [0.15, 0.2) is 0 Å². The second-order valence-corrected chi connectivity index (χ2v) is 5.98. The van der Waals surface area contributed by atoms with Crippen LogP contribution < -0.4 is 20.5 Å². The molecule has 1 amide bonds. The van der Waals surface area contributed by atoms with Crippen LogP contribution in [0, 0.1) is 0 Å². The quantitative estimate of drug-likeness (QED) is 0.491. The first-order valence-electron chi connectivity index (χ1n) is 8.44. The number of fused-ring (bicyclic) bond motifs is 1. The van der Waals surface area contributed by atoms with Crippen LogP contribution in [0.5, 0.6) is 17.4 Å². The summed E-state index contributed by atoms with van der Waals surface area (Å²) in [4.78, 5) is 23.6. The number of aromatic amines is 1. The molecule has 4 N–H and O–H groups in total. The summed E-state index contributed by atoms with van der Waals surface area (Å²) in [5.41, 5.74) is 7.57. The van der Waals surface area contributed by atoms with Crippen LogP contribution in [-0.4, -0.2) is 28.0 Å². The van der Waals surface area contributed by atoms with E-state index in [1.807, 2.05) is 18.2 Å². The van der Waals surface area contributed by atoms with Crippen LogP contribution in [0.1, 0.15) is 10.4 Å². The van der Waals surface area contributed by atoms with E-state index in [4.69, 9.17) is 15.2 Å². The number of hydrogen-bond acceptors (Lipinski definition) is 6. The number of amides is 1. The van der Waals surface area contributed by atoms with Gasteiger partial charge in [-0.2, -0.15) is 0 Å². The lowest BCUT2D eigenvalue weighted by Gasteiger charge is -2.07. The van der Waals surface area contributed by atoms with Crippen LogP contribution >= 0.6 is 0 Å². The molecule has 28 heavy (non-hydrogen) atoms. The third kappa shape index (κ3) is 3.56. The standard InChI is InChI=1S/C20H17N5O3/c1-27-13-4-2-3-12(7-13)25-20(26)16-10-22-17-8-14(5-6-15(16)17)28-19-9-18(21)23-11-24-19/h2-11,22H,1H3,(H,25,26)(H2,21,23,24). The van der Waals surface area contributed by atoms with Crippen molar-refractivity contribution in [2.24, 2.45) is 0 Å². The van der Waals surface area contributed by atoms with Gasteiger partial charge in [0.1, 0.15) is 23.6 Å². The minimum Gasteiger partial charge on any atom is -0.497 e. The molecule has 0 atom stereocenters. The Bertz CT molecular complexity index is 1160. The predicted molar refractivity (Wildman–Crippen MR) is 106 cm³/mol. The number of aromatic nitrogens is 3. The van der Waals surface area contributed by atoms with Crippen molar-refractivity contribution in [3.63, 3.8) is 0 Å². The maximum Gasteiger partial charge on any atom is 0.257 e. The molecule has 0 radical (unpaired) electrons. The molecule has 0 unspecified atom stereocenters. The van der Waals surface area contributed by atoms with E-state index in [2.05, 4.69) is 20.3 Å². The molecule has 0 fully saturated rings. The molecular weight excluding hydrogens is 358 g/mol. The molecule has 8 nitrogen and oxygen atoms in total. The van der Waals surface area contributed by atoms with Crippen LogP contribution in [0.2, 0.25) is 0 Å². The second kappa shape index (κ2) is 7.28. The van der Waals surface area contributed by atoms with Crippen molar-refractivity contribution in [2.45, 2.75) is 0 Å². The van der Waals surface area contributed by atoms with Crippen molar-refractivity contribution in [1.29, 1.82) is 0 Å². The number of rotatable bonds is 5. The number of H-pyrrole nitrogens is 1. The first-order valence-corrected chi connectivity index (χ1v) is 8.44. The van der Waals surface area contributed by atoms with Gasteiger partial charge in [0, 0.05) is 41.0 Å². The Morgan fingerprint density at radius 2 is 2.00 bits per heavy atom. The lowest BCUT2D eigenvalue weighted by molar-refractivity contribution is 0.102. The Morgan fingerprint density at radius 3 is 2.82 bits per heavy atom. The number of ether oxygens (including phenoxy) is 2. The van der Waals surface area contributed by atoms with Gasteiger partial charge in [0.05, 0.1) is 12.7 Å². The van der Waals surface area contributed by atoms with Crippen LogP contribution in [0.15, 0.2) is 61.1 Å². The van der Waals surface area contributed by atoms with Gasteiger partial charge in [-0.15, -0.1) is 0 Å². The second-order valence-electron chi connectivity index (χ2n) is 5.98. The fraction of sp³-hybridized carbons (Fsp3) is 0.0500. The summed E-state index contributed by atoms with van der Waals surface area (Å²) < 4.78 is 10.9. The maximum absolute atomic E-state index is 12.7. The fourth-order valence-corrected chi connectivity index (χ4v) is 2.79. The molecular formula is C20H17N5O3. The zero-order valence-electron chi connectivity index (χ0n) is 15.0. The lowest BCUT2D eigenvalue weighted by atomic mass is 10.1. The Hall–Kier alpha value is -4.07. The van der Waals surface area contributed by atoms with E-state index in [0.717, 1.165) is 10.9 Å². The van der Waals surface area contributed by atoms with Gasteiger partial charge in [-0.25, -0.2) is 9.97 Å². The average Bonchev–Trinajstić information content (AvgIpc) is 3.11. The van der Waals surface area contributed by atoms with E-state index in [0.29, 0.717) is 34.4 Å². The number of carbonyl (C=O) groups excluding carboxylic acids is 1. The number of nitrogens with two attached hydrogens (primary N) is 1. The summed E-state index contributed by atoms with van der Waals surface area (Å²) >= 11 is 0. The Kier molecular flexibility index (Phi) is 4.51. The summed E-state index contributed by atoms with van der Waals surface area (Å²) in [5, 5.41) is 3.64. The number of nitrogen functional groups attached to an aromatic ring is 1. The molecule has 4 rings (SSSR count). The molecule has 0 aliphatic heterocycles. The molecule has 8 heteroatoms. The smallest absolute Gasteiger partial charge is 0.257 e. The molecule has 140 valence electrons. The first kappa shape index (κ1) is 17.3. The number of nitrogens with zero attached hydrogens (tertiary/aromatic N) is 2. The number of carbonyl (C=O) groups is 1. The molecule has 2 aromatic carbocycles. The van der Waals surface area contributed by atoms with Crippen molar-refractivity contribution in [1.82, 2.24) is 15.0 Å². The van der Waals surface area contributed by atoms with Crippen molar-refractivity contribution in [2.75, 3.05) is 18.2 Å². The lowest BCUT2D eigenvalue weighted by Crippen LogP contribution is -2.11. The summed E-state index contributed by atoms with van der Waals surface area (Å²) in [6.45, 7) is 0. The summed E-state index contributed by atoms with van der Waals surface area (Å²) in [5.74, 6) is 1.67. The normalized spacial score (nSPS) is 10.6. The van der Waals surface area contributed by atoms with Gasteiger partial charge in [-0.1, -0.05) is 6.07 Å². The fourth-order valence-electron chi connectivity index (χ4n) is 2.79. The minimum atomic E-state index is -0.225. The summed E-state index contributed by atoms with van der Waals surface area (Å²) in [6.07, 6.45) is 2.99. The van der Waals surface area contributed by atoms with Crippen molar-refractivity contribution in [3.8, 4) is 17.4 Å².